The molecule has 0 saturated heterocycles. The van der Waals surface area contributed by atoms with Crippen LogP contribution in [0.2, 0.25) is 0 Å². The first-order valence-corrected chi connectivity index (χ1v) is 7.08. The lowest BCUT2D eigenvalue weighted by Gasteiger charge is -2.25. The largest absolute Gasteiger partial charge is 0.347 e. The first kappa shape index (κ1) is 14.2. The number of carbonyl (C=O) groups excluding carboxylic acids is 1. The van der Waals surface area contributed by atoms with E-state index in [1.165, 1.54) is 5.56 Å². The number of benzene rings is 1. The van der Waals surface area contributed by atoms with E-state index >= 15 is 0 Å². The molecular weight excluding hydrogens is 278 g/mol. The molecule has 1 aromatic carbocycles. The molecule has 1 rings (SSSR count). The highest BCUT2D eigenvalue weighted by Gasteiger charge is 2.19. The molecule has 0 aliphatic carbocycles. The van der Waals surface area contributed by atoms with Crippen LogP contribution in [0.1, 0.15) is 49.5 Å². The number of carbonyl (C=O) groups is 1. The van der Waals surface area contributed by atoms with Gasteiger partial charge in [0.1, 0.15) is 0 Å². The summed E-state index contributed by atoms with van der Waals surface area (Å²) >= 11 is 3.39. The summed E-state index contributed by atoms with van der Waals surface area (Å²) in [5, 5.41) is 3.88. The molecule has 2 nitrogen and oxygen atoms in total. The van der Waals surface area contributed by atoms with Crippen molar-refractivity contribution in [1.82, 2.24) is 5.32 Å². The number of rotatable bonds is 5. The van der Waals surface area contributed by atoms with E-state index in [4.69, 9.17) is 0 Å². The smallest absolute Gasteiger partial charge is 0.251 e. The quantitative estimate of drug-likeness (QED) is 0.821. The van der Waals surface area contributed by atoms with Crippen molar-refractivity contribution in [3.63, 3.8) is 0 Å². The highest BCUT2D eigenvalue weighted by molar-refractivity contribution is 9.08. The minimum atomic E-state index is -0.139. The van der Waals surface area contributed by atoms with E-state index in [0.717, 1.165) is 23.7 Å². The topological polar surface area (TPSA) is 29.1 Å². The van der Waals surface area contributed by atoms with Gasteiger partial charge in [-0.2, -0.15) is 0 Å². The fourth-order valence-electron chi connectivity index (χ4n) is 1.81. The van der Waals surface area contributed by atoms with Crippen LogP contribution in [0.25, 0.3) is 0 Å². The molecule has 0 aromatic heterocycles. The normalized spacial score (nSPS) is 11.3. The predicted octanol–water partition coefficient (Wildman–Crippen LogP) is 3.89. The van der Waals surface area contributed by atoms with E-state index in [1.54, 1.807) is 0 Å². The number of halogens is 1. The van der Waals surface area contributed by atoms with E-state index < -0.39 is 0 Å². The maximum Gasteiger partial charge on any atom is 0.251 e. The number of hydrogen-bond donors (Lipinski definition) is 1. The van der Waals surface area contributed by atoms with E-state index in [1.807, 2.05) is 24.3 Å². The van der Waals surface area contributed by atoms with Crippen molar-refractivity contribution in [3.8, 4) is 0 Å². The third kappa shape index (κ3) is 4.50. The second-order valence-corrected chi connectivity index (χ2v) is 5.48. The molecule has 0 saturated carbocycles. The number of amides is 1. The van der Waals surface area contributed by atoms with Crippen molar-refractivity contribution in [3.05, 3.63) is 35.4 Å². The number of nitrogens with one attached hydrogen (secondary N) is 1. The molecule has 0 aliphatic rings. The van der Waals surface area contributed by atoms with Crippen LogP contribution < -0.4 is 5.32 Å². The maximum absolute atomic E-state index is 12.0. The zero-order chi connectivity index (χ0) is 12.9. The average Bonchev–Trinajstić information content (AvgIpc) is 2.28. The standard InChI is InChI=1S/C14H20BrNO/c1-4-9-14(2,3)16-13(17)12-7-5-11(10-15)6-8-12/h5-8H,4,9-10H2,1-3H3,(H,16,17). The number of hydrogen-bond acceptors (Lipinski definition) is 1. The summed E-state index contributed by atoms with van der Waals surface area (Å²) in [6.45, 7) is 6.24. The van der Waals surface area contributed by atoms with Crippen molar-refractivity contribution < 1.29 is 4.79 Å². The first-order chi connectivity index (χ1) is 7.98. The lowest BCUT2D eigenvalue weighted by molar-refractivity contribution is 0.0909. The van der Waals surface area contributed by atoms with Crippen molar-refractivity contribution in [2.24, 2.45) is 0 Å². The summed E-state index contributed by atoms with van der Waals surface area (Å²) in [7, 11) is 0. The van der Waals surface area contributed by atoms with Gasteiger partial charge in [0.15, 0.2) is 0 Å². The Hall–Kier alpha value is -0.830. The zero-order valence-electron chi connectivity index (χ0n) is 10.7. The van der Waals surface area contributed by atoms with Crippen molar-refractivity contribution in [2.45, 2.75) is 44.5 Å². The Kier molecular flexibility index (Phi) is 5.19. The molecule has 0 fully saturated rings. The van der Waals surface area contributed by atoms with Crippen LogP contribution in [-0.4, -0.2) is 11.4 Å². The summed E-state index contributed by atoms with van der Waals surface area (Å²) in [5.74, 6) is 0.00423. The molecule has 0 heterocycles. The molecule has 0 spiro atoms. The van der Waals surface area contributed by atoms with Crippen LogP contribution in [0.3, 0.4) is 0 Å². The lowest BCUT2D eigenvalue weighted by atomic mass is 9.98. The zero-order valence-corrected chi connectivity index (χ0v) is 12.3. The summed E-state index contributed by atoms with van der Waals surface area (Å²) in [6, 6.07) is 7.68. The van der Waals surface area contributed by atoms with E-state index in [2.05, 4.69) is 42.0 Å². The van der Waals surface area contributed by atoms with Crippen molar-refractivity contribution in [1.29, 1.82) is 0 Å². The average molecular weight is 298 g/mol. The molecule has 0 radical (unpaired) electrons. The third-order valence-corrected chi connectivity index (χ3v) is 3.34. The summed E-state index contributed by atoms with van der Waals surface area (Å²) in [6.07, 6.45) is 2.05. The van der Waals surface area contributed by atoms with Gasteiger partial charge in [-0.1, -0.05) is 41.4 Å². The summed E-state index contributed by atoms with van der Waals surface area (Å²) in [4.78, 5) is 12.0. The van der Waals surface area contributed by atoms with Gasteiger partial charge < -0.3 is 5.32 Å². The Morgan fingerprint density at radius 3 is 2.35 bits per heavy atom. The Morgan fingerprint density at radius 1 is 1.29 bits per heavy atom. The maximum atomic E-state index is 12.0. The molecule has 1 aromatic rings. The monoisotopic (exact) mass is 297 g/mol. The molecule has 0 unspecified atom stereocenters. The Balaban J connectivity index is 2.69. The molecular formula is C14H20BrNO. The molecule has 94 valence electrons. The second kappa shape index (κ2) is 6.20. The molecule has 0 aliphatic heterocycles. The van der Waals surface area contributed by atoms with Gasteiger partial charge >= 0.3 is 0 Å². The minimum Gasteiger partial charge on any atom is -0.347 e. The second-order valence-electron chi connectivity index (χ2n) is 4.92. The van der Waals surface area contributed by atoms with Crippen LogP contribution >= 0.6 is 15.9 Å². The van der Waals surface area contributed by atoms with Gasteiger partial charge in [0.25, 0.3) is 5.91 Å². The third-order valence-electron chi connectivity index (χ3n) is 2.70. The molecule has 17 heavy (non-hydrogen) atoms. The van der Waals surface area contributed by atoms with Gasteiger partial charge in [0.2, 0.25) is 0 Å². The lowest BCUT2D eigenvalue weighted by Crippen LogP contribution is -2.43. The highest BCUT2D eigenvalue weighted by Crippen LogP contribution is 2.13. The van der Waals surface area contributed by atoms with Crippen LogP contribution in [0.4, 0.5) is 0 Å². The summed E-state index contributed by atoms with van der Waals surface area (Å²) in [5.41, 5.74) is 1.76. The molecule has 1 amide bonds. The van der Waals surface area contributed by atoms with Gasteiger partial charge in [0.05, 0.1) is 0 Å². The van der Waals surface area contributed by atoms with E-state index in [9.17, 15) is 4.79 Å². The van der Waals surface area contributed by atoms with Gasteiger partial charge in [0, 0.05) is 16.4 Å². The summed E-state index contributed by atoms with van der Waals surface area (Å²) < 4.78 is 0. The van der Waals surface area contributed by atoms with Gasteiger partial charge in [-0.25, -0.2) is 0 Å². The highest BCUT2D eigenvalue weighted by atomic mass is 79.9. The Labute approximate surface area is 112 Å². The van der Waals surface area contributed by atoms with E-state index in [-0.39, 0.29) is 11.4 Å². The van der Waals surface area contributed by atoms with Crippen LogP contribution in [0, 0.1) is 0 Å². The Morgan fingerprint density at radius 2 is 1.88 bits per heavy atom. The van der Waals surface area contributed by atoms with Crippen LogP contribution in [-0.2, 0) is 5.33 Å². The Bertz CT molecular complexity index is 370. The molecule has 0 atom stereocenters. The van der Waals surface area contributed by atoms with Crippen molar-refractivity contribution >= 4 is 21.8 Å². The van der Waals surface area contributed by atoms with Crippen molar-refractivity contribution in [2.75, 3.05) is 0 Å². The number of alkyl halides is 1. The van der Waals surface area contributed by atoms with E-state index in [0.29, 0.717) is 0 Å². The fourth-order valence-corrected chi connectivity index (χ4v) is 2.19. The van der Waals surface area contributed by atoms with Gasteiger partial charge in [-0.15, -0.1) is 0 Å². The van der Waals surface area contributed by atoms with Crippen LogP contribution in [0.15, 0.2) is 24.3 Å². The van der Waals surface area contributed by atoms with Gasteiger partial charge in [-0.05, 0) is 38.0 Å². The fraction of sp³-hybridized carbons (Fsp3) is 0.500. The van der Waals surface area contributed by atoms with Crippen LogP contribution in [0.5, 0.6) is 0 Å². The SMILES string of the molecule is CCCC(C)(C)NC(=O)c1ccc(CBr)cc1. The first-order valence-electron chi connectivity index (χ1n) is 5.96. The minimum absolute atomic E-state index is 0.00423. The van der Waals surface area contributed by atoms with Gasteiger partial charge in [-0.3, -0.25) is 4.79 Å². The molecule has 1 N–H and O–H groups in total. The predicted molar refractivity (Wildman–Crippen MR) is 75.5 cm³/mol. The molecule has 0 bridgehead atoms. The molecule has 3 heteroatoms.